The van der Waals surface area contributed by atoms with Crippen molar-refractivity contribution in [3.63, 3.8) is 0 Å². The first kappa shape index (κ1) is 13.9. The van der Waals surface area contributed by atoms with E-state index in [9.17, 15) is 4.79 Å². The van der Waals surface area contributed by atoms with Gasteiger partial charge >= 0.3 is 5.97 Å². The molecule has 0 aromatic rings. The van der Waals surface area contributed by atoms with Gasteiger partial charge in [-0.2, -0.15) is 0 Å². The maximum Gasteiger partial charge on any atom is 0.309 e. The van der Waals surface area contributed by atoms with Gasteiger partial charge in [0.1, 0.15) is 0 Å². The number of carbonyl (C=O) groups is 1. The molecule has 2 rings (SSSR count). The van der Waals surface area contributed by atoms with Crippen LogP contribution >= 0.6 is 0 Å². The van der Waals surface area contributed by atoms with E-state index in [-0.39, 0.29) is 0 Å². The van der Waals surface area contributed by atoms with Gasteiger partial charge in [-0.15, -0.1) is 0 Å². The van der Waals surface area contributed by atoms with E-state index < -0.39 is 11.4 Å². The van der Waals surface area contributed by atoms with Crippen LogP contribution in [0.25, 0.3) is 0 Å². The minimum atomic E-state index is -0.671. The molecule has 2 aliphatic rings. The number of carboxylic acid groups (broad SMARTS) is 1. The van der Waals surface area contributed by atoms with Crippen molar-refractivity contribution in [3.8, 4) is 0 Å². The predicted octanol–water partition coefficient (Wildman–Crippen LogP) is 3.00. The molecule has 3 nitrogen and oxygen atoms in total. The van der Waals surface area contributed by atoms with Gasteiger partial charge in [-0.1, -0.05) is 19.3 Å². The van der Waals surface area contributed by atoms with Crippen LogP contribution in [0.5, 0.6) is 0 Å². The second kappa shape index (κ2) is 5.60. The number of hydrogen-bond donors (Lipinski definition) is 1. The van der Waals surface area contributed by atoms with Crippen LogP contribution in [0.1, 0.15) is 52.4 Å². The van der Waals surface area contributed by atoms with Gasteiger partial charge in [0.25, 0.3) is 0 Å². The van der Waals surface area contributed by atoms with Gasteiger partial charge in [-0.05, 0) is 58.0 Å². The molecule has 2 fully saturated rings. The second-order valence-corrected chi connectivity index (χ2v) is 6.83. The minimum absolute atomic E-state index is 0.580. The van der Waals surface area contributed by atoms with Gasteiger partial charge in [-0.25, -0.2) is 0 Å². The van der Waals surface area contributed by atoms with E-state index in [1.807, 2.05) is 13.8 Å². The Labute approximate surface area is 111 Å². The summed E-state index contributed by atoms with van der Waals surface area (Å²) in [7, 11) is 0. The quantitative estimate of drug-likeness (QED) is 0.837. The molecule has 1 N–H and O–H groups in total. The highest BCUT2D eigenvalue weighted by molar-refractivity contribution is 5.73. The first-order valence-electron chi connectivity index (χ1n) is 7.45. The Bertz CT molecular complexity index is 301. The number of likely N-dealkylation sites (tertiary alicyclic amines) is 1. The third-order valence-electron chi connectivity index (χ3n) is 5.01. The molecule has 104 valence electrons. The zero-order valence-corrected chi connectivity index (χ0v) is 11.8. The summed E-state index contributed by atoms with van der Waals surface area (Å²) in [6, 6.07) is 0. The molecule has 2 atom stereocenters. The molecule has 1 heterocycles. The van der Waals surface area contributed by atoms with Crippen LogP contribution in [0.4, 0.5) is 0 Å². The predicted molar refractivity (Wildman–Crippen MR) is 72.5 cm³/mol. The Morgan fingerprint density at radius 2 is 1.89 bits per heavy atom. The van der Waals surface area contributed by atoms with Crippen LogP contribution in [0.2, 0.25) is 0 Å². The van der Waals surface area contributed by atoms with Crippen molar-refractivity contribution in [2.75, 3.05) is 19.6 Å². The van der Waals surface area contributed by atoms with Gasteiger partial charge in [0.15, 0.2) is 0 Å². The molecule has 2 unspecified atom stereocenters. The molecule has 0 amide bonds. The number of fused-ring (bicyclic) bond motifs is 1. The molecule has 0 aromatic carbocycles. The fourth-order valence-corrected chi connectivity index (χ4v) is 3.42. The molecule has 0 aromatic heterocycles. The van der Waals surface area contributed by atoms with Crippen molar-refractivity contribution in [2.24, 2.45) is 17.3 Å². The molecular formula is C15H27NO2. The molecule has 1 aliphatic heterocycles. The summed E-state index contributed by atoms with van der Waals surface area (Å²) in [6.45, 7) is 7.01. The summed E-state index contributed by atoms with van der Waals surface area (Å²) in [4.78, 5) is 13.6. The maximum absolute atomic E-state index is 11.1. The van der Waals surface area contributed by atoms with E-state index >= 15 is 0 Å². The average molecular weight is 253 g/mol. The summed E-state index contributed by atoms with van der Waals surface area (Å²) in [5.74, 6) is 1.18. The lowest BCUT2D eigenvalue weighted by molar-refractivity contribution is -0.147. The second-order valence-electron chi connectivity index (χ2n) is 6.83. The normalized spacial score (nSPS) is 29.9. The highest BCUT2D eigenvalue weighted by atomic mass is 16.4. The van der Waals surface area contributed by atoms with E-state index in [1.54, 1.807) is 0 Å². The lowest BCUT2D eigenvalue weighted by Crippen LogP contribution is -2.43. The molecule has 0 spiro atoms. The van der Waals surface area contributed by atoms with Crippen molar-refractivity contribution < 1.29 is 9.90 Å². The SMILES string of the molecule is CC(C)(CCN1CCC2CCCCC2C1)C(=O)O. The van der Waals surface area contributed by atoms with Crippen molar-refractivity contribution in [1.82, 2.24) is 4.90 Å². The number of carboxylic acids is 1. The Hall–Kier alpha value is -0.570. The van der Waals surface area contributed by atoms with Gasteiger partial charge in [0.05, 0.1) is 5.41 Å². The van der Waals surface area contributed by atoms with E-state index in [0.29, 0.717) is 0 Å². The Morgan fingerprint density at radius 3 is 2.56 bits per heavy atom. The van der Waals surface area contributed by atoms with Crippen LogP contribution in [0, 0.1) is 17.3 Å². The molecule has 1 saturated heterocycles. The van der Waals surface area contributed by atoms with Crippen LogP contribution < -0.4 is 0 Å². The van der Waals surface area contributed by atoms with E-state index in [2.05, 4.69) is 4.90 Å². The largest absolute Gasteiger partial charge is 0.481 e. The van der Waals surface area contributed by atoms with Crippen LogP contribution in [0.3, 0.4) is 0 Å². The standard InChI is InChI=1S/C15H27NO2/c1-15(2,14(17)18)8-10-16-9-7-12-5-3-4-6-13(12)11-16/h12-13H,3-11H2,1-2H3,(H,17,18). The summed E-state index contributed by atoms with van der Waals surface area (Å²) >= 11 is 0. The third-order valence-corrected chi connectivity index (χ3v) is 5.01. The number of hydrogen-bond acceptors (Lipinski definition) is 2. The minimum Gasteiger partial charge on any atom is -0.481 e. The smallest absolute Gasteiger partial charge is 0.309 e. The molecule has 0 radical (unpaired) electrons. The van der Waals surface area contributed by atoms with Crippen LogP contribution in [-0.4, -0.2) is 35.6 Å². The van der Waals surface area contributed by atoms with E-state index in [4.69, 9.17) is 5.11 Å². The van der Waals surface area contributed by atoms with Crippen LogP contribution in [0.15, 0.2) is 0 Å². The number of aliphatic carboxylic acids is 1. The average Bonchev–Trinajstić information content (AvgIpc) is 2.36. The summed E-state index contributed by atoms with van der Waals surface area (Å²) in [5, 5.41) is 9.14. The molecule has 1 aliphatic carbocycles. The molecule has 1 saturated carbocycles. The van der Waals surface area contributed by atoms with E-state index in [1.165, 1.54) is 45.2 Å². The van der Waals surface area contributed by atoms with Gasteiger partial charge in [0, 0.05) is 6.54 Å². The van der Waals surface area contributed by atoms with Gasteiger partial charge in [0.2, 0.25) is 0 Å². The van der Waals surface area contributed by atoms with Crippen molar-refractivity contribution in [1.29, 1.82) is 0 Å². The Morgan fingerprint density at radius 1 is 1.22 bits per heavy atom. The van der Waals surface area contributed by atoms with Crippen LogP contribution in [-0.2, 0) is 4.79 Å². The zero-order chi connectivity index (χ0) is 13.2. The maximum atomic E-state index is 11.1. The van der Waals surface area contributed by atoms with Gasteiger partial charge in [-0.3, -0.25) is 4.79 Å². The first-order valence-corrected chi connectivity index (χ1v) is 7.45. The highest BCUT2D eigenvalue weighted by Gasteiger charge is 2.33. The fraction of sp³-hybridized carbons (Fsp3) is 0.933. The zero-order valence-electron chi connectivity index (χ0n) is 11.8. The summed E-state index contributed by atoms with van der Waals surface area (Å²) < 4.78 is 0. The Balaban J connectivity index is 1.79. The molecule has 18 heavy (non-hydrogen) atoms. The summed E-state index contributed by atoms with van der Waals surface area (Å²) in [5.41, 5.74) is -0.580. The topological polar surface area (TPSA) is 40.5 Å². The molecule has 0 bridgehead atoms. The van der Waals surface area contributed by atoms with Crippen molar-refractivity contribution in [2.45, 2.75) is 52.4 Å². The molecular weight excluding hydrogens is 226 g/mol. The highest BCUT2D eigenvalue weighted by Crippen LogP contribution is 2.36. The lowest BCUT2D eigenvalue weighted by Gasteiger charge is -2.41. The lowest BCUT2D eigenvalue weighted by atomic mass is 9.75. The Kier molecular flexibility index (Phi) is 4.31. The van der Waals surface area contributed by atoms with Crippen molar-refractivity contribution in [3.05, 3.63) is 0 Å². The van der Waals surface area contributed by atoms with Gasteiger partial charge < -0.3 is 10.0 Å². The molecule has 3 heteroatoms. The van der Waals surface area contributed by atoms with E-state index in [0.717, 1.165) is 24.8 Å². The monoisotopic (exact) mass is 253 g/mol. The number of nitrogens with zero attached hydrogens (tertiary/aromatic N) is 1. The van der Waals surface area contributed by atoms with Crippen molar-refractivity contribution >= 4 is 5.97 Å². The summed E-state index contributed by atoms with van der Waals surface area (Å²) in [6.07, 6.45) is 7.74. The first-order chi connectivity index (χ1) is 8.49. The third kappa shape index (κ3) is 3.25. The fourth-order valence-electron chi connectivity index (χ4n) is 3.42. The number of piperidine rings is 1. The number of rotatable bonds is 4.